The number of nitrogens with zero attached hydrogens (tertiary/aromatic N) is 1. The fourth-order valence-corrected chi connectivity index (χ4v) is 1.72. The second-order valence-corrected chi connectivity index (χ2v) is 4.15. The normalized spacial score (nSPS) is 10.3. The molecule has 100 valence electrons. The fourth-order valence-electron chi connectivity index (χ4n) is 1.72. The quantitative estimate of drug-likeness (QED) is 0.895. The van der Waals surface area contributed by atoms with Crippen molar-refractivity contribution < 1.29 is 9.47 Å². The average Bonchev–Trinajstić information content (AvgIpc) is 2.48. The summed E-state index contributed by atoms with van der Waals surface area (Å²) in [5.74, 6) is 1.90. The van der Waals surface area contributed by atoms with Gasteiger partial charge in [-0.15, -0.1) is 0 Å². The Morgan fingerprint density at radius 1 is 1.11 bits per heavy atom. The van der Waals surface area contributed by atoms with Gasteiger partial charge in [0.25, 0.3) is 0 Å². The SMILES string of the molecule is CCc1ccc(Oc2ccc(CN)cn2)c(OC)c1. The minimum atomic E-state index is 0.474. The minimum absolute atomic E-state index is 0.474. The van der Waals surface area contributed by atoms with Gasteiger partial charge in [0.15, 0.2) is 11.5 Å². The minimum Gasteiger partial charge on any atom is -0.493 e. The van der Waals surface area contributed by atoms with Gasteiger partial charge in [0.2, 0.25) is 5.88 Å². The Bertz CT molecular complexity index is 538. The van der Waals surface area contributed by atoms with Gasteiger partial charge in [0.05, 0.1) is 7.11 Å². The molecule has 0 saturated heterocycles. The largest absolute Gasteiger partial charge is 0.493 e. The maximum absolute atomic E-state index is 5.72. The highest BCUT2D eigenvalue weighted by molar-refractivity contribution is 5.44. The van der Waals surface area contributed by atoms with Gasteiger partial charge in [-0.3, -0.25) is 0 Å². The summed E-state index contributed by atoms with van der Waals surface area (Å²) in [5.41, 5.74) is 7.71. The molecule has 2 aromatic rings. The van der Waals surface area contributed by atoms with E-state index in [1.807, 2.05) is 24.3 Å². The summed E-state index contributed by atoms with van der Waals surface area (Å²) in [4.78, 5) is 4.21. The van der Waals surface area contributed by atoms with Gasteiger partial charge < -0.3 is 15.2 Å². The van der Waals surface area contributed by atoms with Crippen LogP contribution in [0.4, 0.5) is 0 Å². The molecule has 1 heterocycles. The molecule has 0 radical (unpaired) electrons. The van der Waals surface area contributed by atoms with E-state index in [1.54, 1.807) is 19.4 Å². The van der Waals surface area contributed by atoms with Gasteiger partial charge in [-0.05, 0) is 29.7 Å². The molecule has 4 heteroatoms. The first-order valence-electron chi connectivity index (χ1n) is 6.26. The zero-order chi connectivity index (χ0) is 13.7. The van der Waals surface area contributed by atoms with Gasteiger partial charge in [0.1, 0.15) is 0 Å². The van der Waals surface area contributed by atoms with Crippen molar-refractivity contribution in [1.29, 1.82) is 0 Å². The van der Waals surface area contributed by atoms with E-state index in [0.717, 1.165) is 12.0 Å². The lowest BCUT2D eigenvalue weighted by molar-refractivity contribution is 0.373. The second-order valence-electron chi connectivity index (χ2n) is 4.15. The van der Waals surface area contributed by atoms with Crippen LogP contribution in [0.25, 0.3) is 0 Å². The van der Waals surface area contributed by atoms with E-state index in [4.69, 9.17) is 15.2 Å². The summed E-state index contributed by atoms with van der Waals surface area (Å²) in [5, 5.41) is 0. The standard InChI is InChI=1S/C15H18N2O2/c1-3-11-4-6-13(14(8-11)18-2)19-15-7-5-12(9-16)10-17-15/h4-8,10H,3,9,16H2,1-2H3. The molecule has 19 heavy (non-hydrogen) atoms. The van der Waals surface area contributed by atoms with E-state index in [-0.39, 0.29) is 0 Å². The zero-order valence-corrected chi connectivity index (χ0v) is 11.2. The maximum atomic E-state index is 5.72. The smallest absolute Gasteiger partial charge is 0.219 e. The van der Waals surface area contributed by atoms with Gasteiger partial charge in [-0.25, -0.2) is 4.98 Å². The third-order valence-corrected chi connectivity index (χ3v) is 2.88. The average molecular weight is 258 g/mol. The van der Waals surface area contributed by atoms with Crippen LogP contribution in [0.5, 0.6) is 17.4 Å². The number of ether oxygens (including phenoxy) is 2. The molecule has 0 aliphatic carbocycles. The van der Waals surface area contributed by atoms with E-state index in [9.17, 15) is 0 Å². The summed E-state index contributed by atoms with van der Waals surface area (Å²) >= 11 is 0. The Morgan fingerprint density at radius 3 is 2.47 bits per heavy atom. The summed E-state index contributed by atoms with van der Waals surface area (Å²) in [7, 11) is 1.63. The van der Waals surface area contributed by atoms with Gasteiger partial charge in [0, 0.05) is 18.8 Å². The van der Waals surface area contributed by atoms with Crippen LogP contribution in [0.2, 0.25) is 0 Å². The molecule has 0 fully saturated rings. The number of methoxy groups -OCH3 is 1. The van der Waals surface area contributed by atoms with Crippen LogP contribution in [0.3, 0.4) is 0 Å². The molecule has 1 aromatic heterocycles. The molecule has 2 rings (SSSR count). The summed E-state index contributed by atoms with van der Waals surface area (Å²) in [6, 6.07) is 9.59. The molecular formula is C15H18N2O2. The molecule has 0 atom stereocenters. The van der Waals surface area contributed by atoms with Crippen LogP contribution >= 0.6 is 0 Å². The first-order chi connectivity index (χ1) is 9.26. The number of hydrogen-bond acceptors (Lipinski definition) is 4. The maximum Gasteiger partial charge on any atom is 0.219 e. The number of aromatic nitrogens is 1. The van der Waals surface area contributed by atoms with Crippen LogP contribution in [-0.2, 0) is 13.0 Å². The topological polar surface area (TPSA) is 57.4 Å². The number of benzene rings is 1. The third-order valence-electron chi connectivity index (χ3n) is 2.88. The van der Waals surface area contributed by atoms with Crippen LogP contribution in [0.1, 0.15) is 18.1 Å². The molecule has 2 N–H and O–H groups in total. The zero-order valence-electron chi connectivity index (χ0n) is 11.2. The van der Waals surface area contributed by atoms with E-state index in [1.165, 1.54) is 5.56 Å². The predicted molar refractivity (Wildman–Crippen MR) is 74.6 cm³/mol. The molecule has 0 unspecified atom stereocenters. The van der Waals surface area contributed by atoms with Crippen LogP contribution in [0, 0.1) is 0 Å². The van der Waals surface area contributed by atoms with Crippen LogP contribution < -0.4 is 15.2 Å². The molecule has 0 saturated carbocycles. The lowest BCUT2D eigenvalue weighted by Gasteiger charge is -2.11. The van der Waals surface area contributed by atoms with Crippen molar-refractivity contribution in [3.8, 4) is 17.4 Å². The van der Waals surface area contributed by atoms with E-state index in [2.05, 4.69) is 11.9 Å². The van der Waals surface area contributed by atoms with Crippen molar-refractivity contribution in [2.45, 2.75) is 19.9 Å². The highest BCUT2D eigenvalue weighted by Gasteiger charge is 2.07. The van der Waals surface area contributed by atoms with Crippen molar-refractivity contribution in [2.75, 3.05) is 7.11 Å². The van der Waals surface area contributed by atoms with Gasteiger partial charge in [-0.1, -0.05) is 19.1 Å². The van der Waals surface area contributed by atoms with Crippen molar-refractivity contribution in [3.63, 3.8) is 0 Å². The molecule has 0 aliphatic rings. The Hall–Kier alpha value is -2.07. The highest BCUT2D eigenvalue weighted by atomic mass is 16.5. The Kier molecular flexibility index (Phi) is 4.36. The van der Waals surface area contributed by atoms with E-state index < -0.39 is 0 Å². The lowest BCUT2D eigenvalue weighted by Crippen LogP contribution is -1.98. The number of rotatable bonds is 5. The number of hydrogen-bond donors (Lipinski definition) is 1. The number of aryl methyl sites for hydroxylation is 1. The van der Waals surface area contributed by atoms with Crippen molar-refractivity contribution in [1.82, 2.24) is 4.98 Å². The number of nitrogens with two attached hydrogens (primary N) is 1. The van der Waals surface area contributed by atoms with E-state index in [0.29, 0.717) is 23.9 Å². The highest BCUT2D eigenvalue weighted by Crippen LogP contribution is 2.31. The molecule has 0 aliphatic heterocycles. The van der Waals surface area contributed by atoms with E-state index >= 15 is 0 Å². The lowest BCUT2D eigenvalue weighted by atomic mass is 10.1. The molecule has 0 bridgehead atoms. The molecule has 0 amide bonds. The molecular weight excluding hydrogens is 240 g/mol. The molecule has 4 nitrogen and oxygen atoms in total. The van der Waals surface area contributed by atoms with Gasteiger partial charge >= 0.3 is 0 Å². The van der Waals surface area contributed by atoms with Crippen molar-refractivity contribution in [3.05, 3.63) is 47.7 Å². The summed E-state index contributed by atoms with van der Waals surface area (Å²) < 4.78 is 11.1. The first kappa shape index (κ1) is 13.4. The first-order valence-corrected chi connectivity index (χ1v) is 6.26. The Balaban J connectivity index is 2.21. The Labute approximate surface area is 113 Å². The Morgan fingerprint density at radius 2 is 1.89 bits per heavy atom. The fraction of sp³-hybridized carbons (Fsp3) is 0.267. The number of pyridine rings is 1. The van der Waals surface area contributed by atoms with Crippen LogP contribution in [-0.4, -0.2) is 12.1 Å². The third kappa shape index (κ3) is 3.23. The molecule has 0 spiro atoms. The van der Waals surface area contributed by atoms with Crippen molar-refractivity contribution >= 4 is 0 Å². The van der Waals surface area contributed by atoms with Crippen LogP contribution in [0.15, 0.2) is 36.5 Å². The summed E-state index contributed by atoms with van der Waals surface area (Å²) in [6.07, 6.45) is 2.67. The predicted octanol–water partition coefficient (Wildman–Crippen LogP) is 2.90. The van der Waals surface area contributed by atoms with Crippen molar-refractivity contribution in [2.24, 2.45) is 5.73 Å². The molecule has 1 aromatic carbocycles. The summed E-state index contributed by atoms with van der Waals surface area (Å²) in [6.45, 7) is 2.57. The monoisotopic (exact) mass is 258 g/mol. The van der Waals surface area contributed by atoms with Gasteiger partial charge in [-0.2, -0.15) is 0 Å². The second kappa shape index (κ2) is 6.20.